The van der Waals surface area contributed by atoms with Crippen LogP contribution in [0.3, 0.4) is 0 Å². The number of rotatable bonds is 13. The van der Waals surface area contributed by atoms with Crippen LogP contribution >= 0.6 is 0 Å². The number of aliphatic carboxylic acids is 1. The number of quaternary nitrogens is 1. The molecule has 10 heteroatoms. The monoisotopic (exact) mass is 624 g/mol. The van der Waals surface area contributed by atoms with Gasteiger partial charge in [0, 0.05) is 41.7 Å². The second-order valence-electron chi connectivity index (χ2n) is 14.4. The molecule has 246 valence electrons. The zero-order chi connectivity index (χ0) is 32.4. The standard InChI is InChI=1S/C35H49N3O7/c1-7-8-14-37(26-11-9-10-24(17-26)22-38(4,5)6)31(39)21-36-20-27(25-12-13-29-30(18-25)45-23-44-29)32(33(40)41)28(36)19-35(2,3)34-42-15-16-43-34/h9-13,17-18,27-28,32,34H,7-8,14-16,19-23H2,1-6H3/p+1/t27-,28+,32?/m1/s1. The SMILES string of the molecule is CCCCN(C(=O)CN1C[C@H](c2ccc3c(c2)OCO3)C(C(=O)O)[C@@H]1CC(C)(C)C1OCCO1)c1cccc(C[N+](C)(C)C)c1. The molecule has 3 atom stereocenters. The molecule has 2 aromatic rings. The lowest BCUT2D eigenvalue weighted by Crippen LogP contribution is -2.47. The first-order valence-corrected chi connectivity index (χ1v) is 16.2. The van der Waals surface area contributed by atoms with Gasteiger partial charge in [0.05, 0.1) is 46.8 Å². The zero-order valence-electron chi connectivity index (χ0n) is 27.7. The number of benzene rings is 2. The minimum absolute atomic E-state index is 0.0301. The molecule has 2 aromatic carbocycles. The number of hydrogen-bond acceptors (Lipinski definition) is 7. The van der Waals surface area contributed by atoms with E-state index in [1.54, 1.807) is 0 Å². The lowest BCUT2D eigenvalue weighted by Gasteiger charge is -2.37. The average molecular weight is 625 g/mol. The molecule has 1 amide bonds. The summed E-state index contributed by atoms with van der Waals surface area (Å²) in [5.41, 5.74) is 2.45. The third-order valence-corrected chi connectivity index (χ3v) is 9.11. The molecule has 3 aliphatic heterocycles. The maximum Gasteiger partial charge on any atom is 0.308 e. The van der Waals surface area contributed by atoms with E-state index in [0.29, 0.717) is 44.2 Å². The summed E-state index contributed by atoms with van der Waals surface area (Å²) in [5, 5.41) is 10.7. The van der Waals surface area contributed by atoms with Crippen LogP contribution < -0.4 is 14.4 Å². The fourth-order valence-corrected chi connectivity index (χ4v) is 7.02. The quantitative estimate of drug-likeness (QED) is 0.320. The minimum Gasteiger partial charge on any atom is -0.481 e. The van der Waals surface area contributed by atoms with Gasteiger partial charge in [-0.1, -0.05) is 45.4 Å². The summed E-state index contributed by atoms with van der Waals surface area (Å²) >= 11 is 0. The Morgan fingerprint density at radius 3 is 2.47 bits per heavy atom. The van der Waals surface area contributed by atoms with Crippen molar-refractivity contribution in [1.29, 1.82) is 0 Å². The normalized spacial score (nSPS) is 22.2. The number of likely N-dealkylation sites (tertiary alicyclic amines) is 1. The molecule has 0 aliphatic carbocycles. The summed E-state index contributed by atoms with van der Waals surface area (Å²) in [4.78, 5) is 31.3. The number of fused-ring (bicyclic) bond motifs is 1. The molecule has 10 nitrogen and oxygen atoms in total. The van der Waals surface area contributed by atoms with Crippen LogP contribution in [0.4, 0.5) is 5.69 Å². The molecule has 3 heterocycles. The first-order valence-electron chi connectivity index (χ1n) is 16.2. The van der Waals surface area contributed by atoms with Gasteiger partial charge in [-0.25, -0.2) is 0 Å². The summed E-state index contributed by atoms with van der Waals surface area (Å²) in [7, 11) is 6.45. The van der Waals surface area contributed by atoms with E-state index in [2.05, 4.69) is 58.9 Å². The summed E-state index contributed by atoms with van der Waals surface area (Å²) in [6.45, 7) is 9.40. The van der Waals surface area contributed by atoms with Crippen molar-refractivity contribution < 1.29 is 38.1 Å². The molecular formula is C35H50N3O7+. The lowest BCUT2D eigenvalue weighted by atomic mass is 9.77. The number of carboxylic acid groups (broad SMARTS) is 1. The number of carboxylic acids is 1. The lowest BCUT2D eigenvalue weighted by molar-refractivity contribution is -0.884. The highest BCUT2D eigenvalue weighted by Crippen LogP contribution is 2.46. The number of carbonyl (C=O) groups excluding carboxylic acids is 1. The Bertz CT molecular complexity index is 1350. The predicted octanol–water partition coefficient (Wildman–Crippen LogP) is 4.71. The highest BCUT2D eigenvalue weighted by Gasteiger charge is 2.50. The smallest absolute Gasteiger partial charge is 0.308 e. The number of carbonyl (C=O) groups is 2. The minimum atomic E-state index is -0.877. The predicted molar refractivity (Wildman–Crippen MR) is 171 cm³/mol. The molecule has 0 radical (unpaired) electrons. The maximum absolute atomic E-state index is 14.3. The van der Waals surface area contributed by atoms with Crippen LogP contribution in [-0.2, 0) is 25.6 Å². The van der Waals surface area contributed by atoms with Crippen molar-refractivity contribution in [2.45, 2.75) is 64.8 Å². The van der Waals surface area contributed by atoms with Gasteiger partial charge in [-0.3, -0.25) is 14.5 Å². The van der Waals surface area contributed by atoms with E-state index in [4.69, 9.17) is 18.9 Å². The summed E-state index contributed by atoms with van der Waals surface area (Å²) < 4.78 is 23.7. The van der Waals surface area contributed by atoms with Crippen LogP contribution in [0.5, 0.6) is 11.5 Å². The van der Waals surface area contributed by atoms with E-state index >= 15 is 0 Å². The molecular weight excluding hydrogens is 574 g/mol. The molecule has 0 spiro atoms. The fourth-order valence-electron chi connectivity index (χ4n) is 7.02. The molecule has 5 rings (SSSR count). The third-order valence-electron chi connectivity index (χ3n) is 9.11. The highest BCUT2D eigenvalue weighted by molar-refractivity contribution is 5.95. The Hall–Kier alpha value is -3.18. The van der Waals surface area contributed by atoms with Gasteiger partial charge in [0.25, 0.3) is 0 Å². The number of ether oxygens (including phenoxy) is 4. The van der Waals surface area contributed by atoms with Crippen molar-refractivity contribution in [3.63, 3.8) is 0 Å². The van der Waals surface area contributed by atoms with Crippen LogP contribution in [0.15, 0.2) is 42.5 Å². The fraction of sp³-hybridized carbons (Fsp3) is 0.600. The van der Waals surface area contributed by atoms with Crippen LogP contribution in [0.25, 0.3) is 0 Å². The molecule has 2 saturated heterocycles. The van der Waals surface area contributed by atoms with Gasteiger partial charge >= 0.3 is 5.97 Å². The molecule has 1 unspecified atom stereocenters. The number of anilines is 1. The van der Waals surface area contributed by atoms with Gasteiger partial charge in [-0.05, 0) is 42.7 Å². The number of amides is 1. The van der Waals surface area contributed by atoms with Gasteiger partial charge < -0.3 is 33.4 Å². The van der Waals surface area contributed by atoms with E-state index in [1.807, 2.05) is 35.2 Å². The number of hydrogen-bond donors (Lipinski definition) is 1. The summed E-state index contributed by atoms with van der Waals surface area (Å²) in [6, 6.07) is 13.5. The van der Waals surface area contributed by atoms with Crippen molar-refractivity contribution in [2.24, 2.45) is 11.3 Å². The van der Waals surface area contributed by atoms with Gasteiger partial charge in [0.1, 0.15) is 6.54 Å². The molecule has 45 heavy (non-hydrogen) atoms. The first kappa shape index (κ1) is 33.2. The van der Waals surface area contributed by atoms with Crippen LogP contribution in [0, 0.1) is 11.3 Å². The molecule has 0 saturated carbocycles. The maximum atomic E-state index is 14.3. The Morgan fingerprint density at radius 1 is 1.04 bits per heavy atom. The van der Waals surface area contributed by atoms with Gasteiger partial charge in [-0.15, -0.1) is 0 Å². The van der Waals surface area contributed by atoms with E-state index in [1.165, 1.54) is 5.56 Å². The Balaban J connectivity index is 1.46. The first-order chi connectivity index (χ1) is 21.4. The van der Waals surface area contributed by atoms with E-state index in [0.717, 1.165) is 35.1 Å². The van der Waals surface area contributed by atoms with Gasteiger partial charge in [0.2, 0.25) is 12.7 Å². The van der Waals surface area contributed by atoms with E-state index in [-0.39, 0.29) is 25.2 Å². The highest BCUT2D eigenvalue weighted by atomic mass is 16.7. The Kier molecular flexibility index (Phi) is 10.1. The van der Waals surface area contributed by atoms with Crippen LogP contribution in [0.2, 0.25) is 0 Å². The second kappa shape index (κ2) is 13.7. The Morgan fingerprint density at radius 2 is 1.78 bits per heavy atom. The number of unbranched alkanes of at least 4 members (excludes halogenated alkanes) is 1. The van der Waals surface area contributed by atoms with Gasteiger partial charge in [0.15, 0.2) is 17.8 Å². The summed E-state index contributed by atoms with van der Waals surface area (Å²) in [6.07, 6.45) is 1.89. The summed E-state index contributed by atoms with van der Waals surface area (Å²) in [5.74, 6) is -0.711. The molecule has 1 N–H and O–H groups in total. The van der Waals surface area contributed by atoms with Crippen molar-refractivity contribution in [3.8, 4) is 11.5 Å². The third kappa shape index (κ3) is 7.80. The average Bonchev–Trinajstić information content (AvgIpc) is 3.73. The molecule has 2 fully saturated rings. The number of nitrogens with zero attached hydrogens (tertiary/aromatic N) is 3. The van der Waals surface area contributed by atoms with Crippen molar-refractivity contribution in [1.82, 2.24) is 4.90 Å². The Labute approximate surface area is 267 Å². The molecule has 0 aromatic heterocycles. The van der Waals surface area contributed by atoms with E-state index in [9.17, 15) is 14.7 Å². The van der Waals surface area contributed by atoms with Gasteiger partial charge in [-0.2, -0.15) is 0 Å². The molecule has 0 bridgehead atoms. The zero-order valence-corrected chi connectivity index (χ0v) is 27.7. The van der Waals surface area contributed by atoms with Crippen molar-refractivity contribution in [2.75, 3.05) is 65.7 Å². The molecule has 3 aliphatic rings. The van der Waals surface area contributed by atoms with E-state index < -0.39 is 29.6 Å². The second-order valence-corrected chi connectivity index (χ2v) is 14.4. The topological polar surface area (TPSA) is 97.8 Å². The van der Waals surface area contributed by atoms with Crippen molar-refractivity contribution >= 4 is 17.6 Å². The van der Waals surface area contributed by atoms with Crippen LogP contribution in [-0.4, -0.2) is 99.5 Å². The largest absolute Gasteiger partial charge is 0.481 e. The van der Waals surface area contributed by atoms with Crippen molar-refractivity contribution in [3.05, 3.63) is 53.6 Å². The van der Waals surface area contributed by atoms with Crippen LogP contribution in [0.1, 0.15) is 57.1 Å².